The van der Waals surface area contributed by atoms with Crippen molar-refractivity contribution in [2.24, 2.45) is 5.92 Å². The molecule has 0 radical (unpaired) electrons. The molecule has 78 valence electrons. The Bertz CT molecular complexity index is 419. The molecule has 1 aromatic rings. The van der Waals surface area contributed by atoms with E-state index in [0.29, 0.717) is 5.69 Å². The number of hydrogen-bond donors (Lipinski definition) is 0. The number of carbonyl (C=O) groups excluding carboxylic acids is 1. The minimum atomic E-state index is -0.229. The summed E-state index contributed by atoms with van der Waals surface area (Å²) >= 11 is 3.23. The molecule has 1 rings (SSSR count). The van der Waals surface area contributed by atoms with Crippen LogP contribution in [0.1, 0.15) is 19.5 Å². The molecule has 0 fully saturated rings. The summed E-state index contributed by atoms with van der Waals surface area (Å²) in [5, 5.41) is 0. The number of hydrogen-bond acceptors (Lipinski definition) is 2. The highest BCUT2D eigenvalue weighted by molar-refractivity contribution is 9.10. The molecule has 0 amide bonds. The molecule has 0 aromatic carbocycles. The van der Waals surface area contributed by atoms with Crippen LogP contribution < -0.4 is 0 Å². The van der Waals surface area contributed by atoms with Crippen LogP contribution >= 0.6 is 15.9 Å². The molecular weight excluding hydrogens is 258 g/mol. The fourth-order valence-corrected chi connectivity index (χ4v) is 1.25. The summed E-state index contributed by atoms with van der Waals surface area (Å²) in [5.74, 6) is -0.450. The van der Waals surface area contributed by atoms with E-state index in [4.69, 9.17) is 5.53 Å². The number of aromatic nitrogens is 1. The number of rotatable bonds is 3. The molecule has 0 bridgehead atoms. The normalized spacial score (nSPS) is 9.87. The Labute approximate surface area is 96.1 Å². The maximum absolute atomic E-state index is 11.6. The molecular formula is C10H10BrN3O. The third-order valence-corrected chi connectivity index (χ3v) is 2.30. The molecule has 0 spiro atoms. The standard InChI is InChI=1S/C10H10BrN3O/c1-6(2)10(15)9(14-12)8-4-3-7(11)5-13-8/h3-6H,1-2H3. The molecule has 15 heavy (non-hydrogen) atoms. The Kier molecular flexibility index (Phi) is 3.88. The van der Waals surface area contributed by atoms with Crippen LogP contribution in [0, 0.1) is 5.92 Å². The van der Waals surface area contributed by atoms with Crippen molar-refractivity contribution >= 4 is 27.4 Å². The highest BCUT2D eigenvalue weighted by atomic mass is 79.9. The topological polar surface area (TPSA) is 66.4 Å². The summed E-state index contributed by atoms with van der Waals surface area (Å²) in [6.07, 6.45) is 1.55. The Morgan fingerprint density at radius 2 is 2.20 bits per heavy atom. The van der Waals surface area contributed by atoms with Gasteiger partial charge in [0.05, 0.1) is 0 Å². The Hall–Kier alpha value is -1.32. The average molecular weight is 268 g/mol. The number of ketones is 1. The van der Waals surface area contributed by atoms with Crippen molar-refractivity contribution < 1.29 is 9.58 Å². The van der Waals surface area contributed by atoms with E-state index in [-0.39, 0.29) is 17.4 Å². The van der Waals surface area contributed by atoms with Crippen molar-refractivity contribution in [2.75, 3.05) is 0 Å². The van der Waals surface area contributed by atoms with E-state index in [2.05, 4.69) is 25.7 Å². The van der Waals surface area contributed by atoms with Gasteiger partial charge in [0.2, 0.25) is 5.78 Å². The largest absolute Gasteiger partial charge is 0.383 e. The number of halogens is 1. The van der Waals surface area contributed by atoms with Crippen LogP contribution in [-0.2, 0) is 4.79 Å². The summed E-state index contributed by atoms with van der Waals surface area (Å²) < 4.78 is 0.806. The minimum Gasteiger partial charge on any atom is -0.361 e. The van der Waals surface area contributed by atoms with Gasteiger partial charge < -0.3 is 5.53 Å². The number of Topliss-reactive ketones (excluding diaryl/α,β-unsaturated/α-hetero) is 1. The van der Waals surface area contributed by atoms with Gasteiger partial charge in [-0.1, -0.05) is 13.8 Å². The molecule has 0 aliphatic carbocycles. The second kappa shape index (κ2) is 4.96. The van der Waals surface area contributed by atoms with Crippen LogP contribution in [0.5, 0.6) is 0 Å². The molecule has 0 saturated heterocycles. The smallest absolute Gasteiger partial charge is 0.361 e. The van der Waals surface area contributed by atoms with Gasteiger partial charge in [-0.25, -0.2) is 4.98 Å². The second-order valence-corrected chi connectivity index (χ2v) is 4.24. The zero-order chi connectivity index (χ0) is 11.4. The lowest BCUT2D eigenvalue weighted by molar-refractivity contribution is -0.119. The van der Waals surface area contributed by atoms with Crippen molar-refractivity contribution in [1.82, 2.24) is 4.98 Å². The van der Waals surface area contributed by atoms with E-state index in [0.717, 1.165) is 4.47 Å². The molecule has 0 unspecified atom stereocenters. The van der Waals surface area contributed by atoms with Gasteiger partial charge in [-0.3, -0.25) is 4.79 Å². The van der Waals surface area contributed by atoms with Crippen LogP contribution in [-0.4, -0.2) is 21.3 Å². The van der Waals surface area contributed by atoms with E-state index in [1.807, 2.05) is 0 Å². The van der Waals surface area contributed by atoms with Gasteiger partial charge in [0, 0.05) is 16.6 Å². The third kappa shape index (κ3) is 2.81. The van der Waals surface area contributed by atoms with Crippen LogP contribution in [0.2, 0.25) is 0 Å². The summed E-state index contributed by atoms with van der Waals surface area (Å²) in [4.78, 5) is 18.6. The Balaban J connectivity index is 3.10. The zero-order valence-electron chi connectivity index (χ0n) is 8.44. The predicted molar refractivity (Wildman–Crippen MR) is 59.5 cm³/mol. The van der Waals surface area contributed by atoms with Crippen LogP contribution in [0.4, 0.5) is 0 Å². The lowest BCUT2D eigenvalue weighted by atomic mass is 10.0. The van der Waals surface area contributed by atoms with Crippen molar-refractivity contribution in [3.05, 3.63) is 34.0 Å². The first-order chi connectivity index (χ1) is 7.06. The quantitative estimate of drug-likeness (QED) is 0.478. The monoisotopic (exact) mass is 267 g/mol. The number of carbonyl (C=O) groups is 1. The van der Waals surface area contributed by atoms with E-state index in [1.54, 1.807) is 32.2 Å². The van der Waals surface area contributed by atoms with Gasteiger partial charge in [-0.2, -0.15) is 4.79 Å². The molecule has 1 heterocycles. The van der Waals surface area contributed by atoms with Crippen molar-refractivity contribution in [1.29, 1.82) is 0 Å². The third-order valence-electron chi connectivity index (χ3n) is 1.83. The predicted octanol–water partition coefficient (Wildman–Crippen LogP) is 2.09. The molecule has 1 aromatic heterocycles. The van der Waals surface area contributed by atoms with Crippen LogP contribution in [0.15, 0.2) is 22.8 Å². The maximum Gasteiger partial charge on any atom is 0.383 e. The van der Waals surface area contributed by atoms with E-state index < -0.39 is 0 Å². The molecule has 0 aliphatic heterocycles. The molecule has 4 nitrogen and oxygen atoms in total. The fourth-order valence-electron chi connectivity index (χ4n) is 1.02. The maximum atomic E-state index is 11.6. The lowest BCUT2D eigenvalue weighted by Gasteiger charge is -1.98. The molecule has 0 N–H and O–H groups in total. The summed E-state index contributed by atoms with van der Waals surface area (Å²) in [7, 11) is 0. The minimum absolute atomic E-state index is 0.00231. The average Bonchev–Trinajstić information content (AvgIpc) is 2.21. The fraction of sp³-hybridized carbons (Fsp3) is 0.300. The van der Waals surface area contributed by atoms with E-state index >= 15 is 0 Å². The van der Waals surface area contributed by atoms with Gasteiger partial charge in [0.1, 0.15) is 0 Å². The van der Waals surface area contributed by atoms with E-state index in [1.165, 1.54) is 0 Å². The van der Waals surface area contributed by atoms with Gasteiger partial charge in [-0.15, -0.1) is 0 Å². The van der Waals surface area contributed by atoms with E-state index in [9.17, 15) is 4.79 Å². The molecule has 5 heteroatoms. The van der Waals surface area contributed by atoms with Crippen molar-refractivity contribution in [3.8, 4) is 0 Å². The summed E-state index contributed by atoms with van der Waals surface area (Å²) in [6, 6.07) is 3.36. The van der Waals surface area contributed by atoms with Crippen LogP contribution in [0.25, 0.3) is 5.53 Å². The summed E-state index contributed by atoms with van der Waals surface area (Å²) in [6.45, 7) is 3.48. The molecule has 0 aliphatic rings. The summed E-state index contributed by atoms with van der Waals surface area (Å²) in [5.41, 5.74) is 9.16. The second-order valence-electron chi connectivity index (χ2n) is 3.33. The van der Waals surface area contributed by atoms with Gasteiger partial charge in [0.25, 0.3) is 0 Å². The van der Waals surface area contributed by atoms with Gasteiger partial charge in [-0.05, 0) is 28.1 Å². The number of pyridine rings is 1. The van der Waals surface area contributed by atoms with Gasteiger partial charge in [0.15, 0.2) is 5.69 Å². The molecule has 0 saturated carbocycles. The van der Waals surface area contributed by atoms with Crippen molar-refractivity contribution in [3.63, 3.8) is 0 Å². The first kappa shape index (κ1) is 11.8. The Morgan fingerprint density at radius 3 is 2.60 bits per heavy atom. The zero-order valence-corrected chi connectivity index (χ0v) is 10.0. The van der Waals surface area contributed by atoms with Crippen LogP contribution in [0.3, 0.4) is 0 Å². The van der Waals surface area contributed by atoms with Gasteiger partial charge >= 0.3 is 5.71 Å². The first-order valence-electron chi connectivity index (χ1n) is 4.44. The van der Waals surface area contributed by atoms with Crippen molar-refractivity contribution in [2.45, 2.75) is 13.8 Å². The highest BCUT2D eigenvalue weighted by Gasteiger charge is 2.26. The Morgan fingerprint density at radius 1 is 1.53 bits per heavy atom. The number of nitrogens with zero attached hydrogens (tertiary/aromatic N) is 3. The lowest BCUT2D eigenvalue weighted by Crippen LogP contribution is -2.22. The SMILES string of the molecule is CC(C)C(=O)C(=[N+]=[N-])c1ccc(Br)cn1. The highest BCUT2D eigenvalue weighted by Crippen LogP contribution is 2.09. The first-order valence-corrected chi connectivity index (χ1v) is 5.23. The molecule has 0 atom stereocenters.